The molecule has 86 valence electrons. The minimum Gasteiger partial charge on any atom is -0.388 e. The molecule has 3 atom stereocenters. The van der Waals surface area contributed by atoms with Gasteiger partial charge in [-0.25, -0.2) is 0 Å². The zero-order valence-corrected chi connectivity index (χ0v) is 9.34. The summed E-state index contributed by atoms with van der Waals surface area (Å²) in [6.07, 6.45) is 6.59. The number of nitrogens with one attached hydrogen (secondary N) is 1. The normalized spacial score (nSPS) is 48.4. The lowest BCUT2D eigenvalue weighted by Crippen LogP contribution is -2.66. The average molecular weight is 210 g/mol. The first-order chi connectivity index (χ1) is 7.14. The van der Waals surface area contributed by atoms with Crippen LogP contribution in [0.3, 0.4) is 0 Å². The van der Waals surface area contributed by atoms with E-state index in [1.165, 1.54) is 19.3 Å². The van der Waals surface area contributed by atoms with E-state index in [1.54, 1.807) is 0 Å². The minimum atomic E-state index is -0.544. The van der Waals surface area contributed by atoms with Crippen LogP contribution in [0, 0.1) is 11.8 Å². The van der Waals surface area contributed by atoms with Crippen LogP contribution in [0.2, 0.25) is 0 Å². The van der Waals surface area contributed by atoms with Crippen LogP contribution < -0.4 is 11.1 Å². The highest BCUT2D eigenvalue weighted by atomic mass is 16.3. The minimum absolute atomic E-state index is 0.307. The van der Waals surface area contributed by atoms with E-state index in [0.29, 0.717) is 5.92 Å². The Balaban J connectivity index is 1.85. The van der Waals surface area contributed by atoms with Crippen LogP contribution in [-0.2, 0) is 0 Å². The first-order valence-corrected chi connectivity index (χ1v) is 6.36. The number of piperidine rings is 1. The highest BCUT2D eigenvalue weighted by Gasteiger charge is 2.59. The van der Waals surface area contributed by atoms with Gasteiger partial charge in [-0.05, 0) is 63.5 Å². The lowest BCUT2D eigenvalue weighted by atomic mass is 9.66. The smallest absolute Gasteiger partial charge is 0.0857 e. The van der Waals surface area contributed by atoms with Gasteiger partial charge < -0.3 is 16.2 Å². The molecule has 3 nitrogen and oxygen atoms in total. The Morgan fingerprint density at radius 1 is 1.20 bits per heavy atom. The summed E-state index contributed by atoms with van der Waals surface area (Å²) in [5.41, 5.74) is 5.64. The Labute approximate surface area is 91.4 Å². The molecule has 3 aliphatic rings. The van der Waals surface area contributed by atoms with Crippen molar-refractivity contribution in [3.05, 3.63) is 0 Å². The van der Waals surface area contributed by atoms with Crippen molar-refractivity contribution in [3.8, 4) is 0 Å². The molecular formula is C12H22N2O. The lowest BCUT2D eigenvalue weighted by Gasteiger charge is -2.49. The molecule has 0 aromatic heterocycles. The molecule has 4 N–H and O–H groups in total. The first kappa shape index (κ1) is 10.1. The van der Waals surface area contributed by atoms with Gasteiger partial charge in [-0.1, -0.05) is 0 Å². The van der Waals surface area contributed by atoms with Crippen LogP contribution in [0.1, 0.15) is 38.5 Å². The maximum absolute atomic E-state index is 10.9. The van der Waals surface area contributed by atoms with E-state index in [4.69, 9.17) is 5.73 Å². The molecule has 0 aromatic rings. The zero-order chi connectivity index (χ0) is 10.5. The SMILES string of the molecule is NC1(C2(O)CC3CCC2C3)CCNCC1. The fraction of sp³-hybridized carbons (Fsp3) is 1.00. The van der Waals surface area contributed by atoms with Crippen LogP contribution in [0.25, 0.3) is 0 Å². The van der Waals surface area contributed by atoms with Crippen molar-refractivity contribution in [2.24, 2.45) is 17.6 Å². The molecule has 1 aliphatic heterocycles. The largest absolute Gasteiger partial charge is 0.388 e. The summed E-state index contributed by atoms with van der Waals surface area (Å²) >= 11 is 0. The number of hydrogen-bond donors (Lipinski definition) is 3. The van der Waals surface area contributed by atoms with Crippen molar-refractivity contribution in [1.82, 2.24) is 5.32 Å². The van der Waals surface area contributed by atoms with Crippen LogP contribution in [0.5, 0.6) is 0 Å². The molecule has 3 fully saturated rings. The molecule has 2 aliphatic carbocycles. The van der Waals surface area contributed by atoms with Gasteiger partial charge in [-0.3, -0.25) is 0 Å². The predicted octanol–water partition coefficient (Wildman–Crippen LogP) is 0.618. The topological polar surface area (TPSA) is 58.3 Å². The van der Waals surface area contributed by atoms with Gasteiger partial charge >= 0.3 is 0 Å². The highest BCUT2D eigenvalue weighted by molar-refractivity contribution is 5.14. The Bertz CT molecular complexity index is 262. The van der Waals surface area contributed by atoms with Crippen LogP contribution in [-0.4, -0.2) is 29.3 Å². The van der Waals surface area contributed by atoms with Crippen molar-refractivity contribution in [1.29, 1.82) is 0 Å². The molecule has 0 amide bonds. The van der Waals surface area contributed by atoms with Crippen molar-refractivity contribution in [2.75, 3.05) is 13.1 Å². The molecule has 15 heavy (non-hydrogen) atoms. The van der Waals surface area contributed by atoms with Gasteiger partial charge in [0, 0.05) is 5.54 Å². The van der Waals surface area contributed by atoms with E-state index in [0.717, 1.165) is 38.3 Å². The van der Waals surface area contributed by atoms with Gasteiger partial charge in [0.25, 0.3) is 0 Å². The summed E-state index contributed by atoms with van der Waals surface area (Å²) in [6.45, 7) is 1.94. The van der Waals surface area contributed by atoms with E-state index in [9.17, 15) is 5.11 Å². The number of nitrogens with two attached hydrogens (primary N) is 1. The second kappa shape index (κ2) is 3.19. The first-order valence-electron chi connectivity index (χ1n) is 6.36. The maximum Gasteiger partial charge on any atom is 0.0857 e. The van der Waals surface area contributed by atoms with Crippen molar-refractivity contribution >= 4 is 0 Å². The lowest BCUT2D eigenvalue weighted by molar-refractivity contribution is -0.0895. The number of aliphatic hydroxyl groups is 1. The summed E-state index contributed by atoms with van der Waals surface area (Å²) < 4.78 is 0. The fourth-order valence-corrected chi connectivity index (χ4v) is 4.22. The van der Waals surface area contributed by atoms with Gasteiger partial charge in [0.15, 0.2) is 0 Å². The van der Waals surface area contributed by atoms with Gasteiger partial charge in [0.2, 0.25) is 0 Å². The Morgan fingerprint density at radius 3 is 2.47 bits per heavy atom. The van der Waals surface area contributed by atoms with Crippen molar-refractivity contribution in [2.45, 2.75) is 49.7 Å². The van der Waals surface area contributed by atoms with E-state index in [-0.39, 0.29) is 5.54 Å². The van der Waals surface area contributed by atoms with E-state index in [1.807, 2.05) is 0 Å². The van der Waals surface area contributed by atoms with Crippen LogP contribution in [0.15, 0.2) is 0 Å². The van der Waals surface area contributed by atoms with Crippen LogP contribution >= 0.6 is 0 Å². The molecule has 0 spiro atoms. The third-order valence-electron chi connectivity index (χ3n) is 5.17. The molecule has 1 saturated heterocycles. The van der Waals surface area contributed by atoms with Crippen molar-refractivity contribution < 1.29 is 5.11 Å². The van der Waals surface area contributed by atoms with Crippen molar-refractivity contribution in [3.63, 3.8) is 0 Å². The Morgan fingerprint density at radius 2 is 1.93 bits per heavy atom. The third-order valence-corrected chi connectivity index (χ3v) is 5.17. The monoisotopic (exact) mass is 210 g/mol. The quantitative estimate of drug-likeness (QED) is 0.594. The maximum atomic E-state index is 10.9. The molecule has 0 aromatic carbocycles. The predicted molar refractivity (Wildman–Crippen MR) is 59.4 cm³/mol. The molecule has 0 radical (unpaired) electrons. The van der Waals surface area contributed by atoms with E-state index < -0.39 is 5.60 Å². The van der Waals surface area contributed by atoms with Crippen LogP contribution in [0.4, 0.5) is 0 Å². The average Bonchev–Trinajstić information content (AvgIpc) is 2.79. The summed E-state index contributed by atoms with van der Waals surface area (Å²) in [4.78, 5) is 0. The molecule has 3 unspecified atom stereocenters. The number of fused-ring (bicyclic) bond motifs is 2. The van der Waals surface area contributed by atoms with Gasteiger partial charge in [0.05, 0.1) is 5.60 Å². The second-order valence-electron chi connectivity index (χ2n) is 5.91. The standard InChI is InChI=1S/C12H22N2O/c13-11(3-5-14-6-4-11)12(15)8-9-1-2-10(12)7-9/h9-10,14-15H,1-8,13H2. The molecule has 3 heteroatoms. The third kappa shape index (κ3) is 1.30. The molecule has 2 saturated carbocycles. The Kier molecular flexibility index (Phi) is 2.14. The number of rotatable bonds is 1. The highest BCUT2D eigenvalue weighted by Crippen LogP contribution is 2.55. The second-order valence-corrected chi connectivity index (χ2v) is 5.91. The molecule has 1 heterocycles. The summed E-state index contributed by atoms with van der Waals surface area (Å²) in [6, 6.07) is 0. The summed E-state index contributed by atoms with van der Waals surface area (Å²) in [5.74, 6) is 1.25. The van der Waals surface area contributed by atoms with Gasteiger partial charge in [0.1, 0.15) is 0 Å². The number of hydrogen-bond acceptors (Lipinski definition) is 3. The molecule has 2 bridgehead atoms. The molecular weight excluding hydrogens is 188 g/mol. The van der Waals surface area contributed by atoms with E-state index >= 15 is 0 Å². The summed E-state index contributed by atoms with van der Waals surface area (Å²) in [5, 5.41) is 14.2. The summed E-state index contributed by atoms with van der Waals surface area (Å²) in [7, 11) is 0. The fourth-order valence-electron chi connectivity index (χ4n) is 4.22. The van der Waals surface area contributed by atoms with Gasteiger partial charge in [-0.2, -0.15) is 0 Å². The zero-order valence-electron chi connectivity index (χ0n) is 9.34. The molecule has 3 rings (SSSR count). The van der Waals surface area contributed by atoms with E-state index in [2.05, 4.69) is 5.32 Å². The Hall–Kier alpha value is -0.120. The van der Waals surface area contributed by atoms with Gasteiger partial charge in [-0.15, -0.1) is 0 Å².